The molecule has 35 heavy (non-hydrogen) atoms. The summed E-state index contributed by atoms with van der Waals surface area (Å²) in [5.41, 5.74) is -0.320. The summed E-state index contributed by atoms with van der Waals surface area (Å²) >= 11 is 0. The van der Waals surface area contributed by atoms with E-state index in [4.69, 9.17) is 4.74 Å². The highest BCUT2D eigenvalue weighted by atomic mass is 19.4. The molecule has 1 atom stereocenters. The number of anilines is 1. The normalized spacial score (nSPS) is 16.5. The summed E-state index contributed by atoms with van der Waals surface area (Å²) in [4.78, 5) is 21.8. The summed E-state index contributed by atoms with van der Waals surface area (Å²) in [5.74, 6) is 0.283. The third kappa shape index (κ3) is 4.56. The van der Waals surface area contributed by atoms with Crippen molar-refractivity contribution in [1.82, 2.24) is 34.5 Å². The van der Waals surface area contributed by atoms with Gasteiger partial charge in [-0.15, -0.1) is 10.2 Å². The van der Waals surface area contributed by atoms with E-state index in [1.54, 1.807) is 24.5 Å². The highest BCUT2D eigenvalue weighted by Gasteiger charge is 2.33. The second kappa shape index (κ2) is 8.81. The van der Waals surface area contributed by atoms with Gasteiger partial charge in [0.2, 0.25) is 5.88 Å². The molecule has 0 saturated heterocycles. The highest BCUT2D eigenvalue weighted by Crippen LogP contribution is 2.29. The molecule has 0 radical (unpaired) electrons. The van der Waals surface area contributed by atoms with Crippen molar-refractivity contribution in [2.45, 2.75) is 32.0 Å². The number of aromatic nitrogens is 7. The zero-order valence-electron chi connectivity index (χ0n) is 18.4. The van der Waals surface area contributed by atoms with Crippen molar-refractivity contribution in [2.75, 3.05) is 11.9 Å². The van der Waals surface area contributed by atoms with Gasteiger partial charge in [0.1, 0.15) is 23.4 Å². The molecule has 4 aromatic heterocycles. The van der Waals surface area contributed by atoms with Crippen LogP contribution in [0.4, 0.5) is 19.0 Å². The minimum atomic E-state index is -4.59. The lowest BCUT2D eigenvalue weighted by Crippen LogP contribution is -2.18. The molecule has 10 nitrogen and oxygen atoms in total. The van der Waals surface area contributed by atoms with Gasteiger partial charge in [-0.2, -0.15) is 18.3 Å². The number of halogens is 3. The number of nitrogens with zero attached hydrogens (tertiary/aromatic N) is 7. The van der Waals surface area contributed by atoms with E-state index in [0.717, 1.165) is 23.4 Å². The number of hydrogen-bond donors (Lipinski definition) is 1. The Hall–Kier alpha value is -4.29. The third-order valence-electron chi connectivity index (χ3n) is 5.50. The van der Waals surface area contributed by atoms with E-state index in [0.29, 0.717) is 17.9 Å². The number of ether oxygens (including phenoxy) is 1. The zero-order valence-corrected chi connectivity index (χ0v) is 18.4. The van der Waals surface area contributed by atoms with Gasteiger partial charge < -0.3 is 14.6 Å². The van der Waals surface area contributed by atoms with E-state index in [9.17, 15) is 18.0 Å². The van der Waals surface area contributed by atoms with E-state index in [-0.39, 0.29) is 35.6 Å². The Labute approximate surface area is 196 Å². The monoisotopic (exact) mass is 484 g/mol. The number of carbonyl (C=O) groups excluding carboxylic acids is 1. The van der Waals surface area contributed by atoms with Gasteiger partial charge >= 0.3 is 6.18 Å². The minimum absolute atomic E-state index is 0.0343. The number of nitrogens with one attached hydrogen (secondary N) is 1. The average molecular weight is 484 g/mol. The summed E-state index contributed by atoms with van der Waals surface area (Å²) in [5, 5.41) is 14.4. The van der Waals surface area contributed by atoms with Crippen LogP contribution in [0.5, 0.6) is 5.88 Å². The summed E-state index contributed by atoms with van der Waals surface area (Å²) in [6.07, 6.45) is 0.870. The SMILES string of the molecule is CC1CCCOc2ncc(-n3ccc(C(F)(F)F)n3)cc2C(=O)Nc2cccc(n2)-c2nncn21. The van der Waals surface area contributed by atoms with Crippen LogP contribution in [-0.2, 0) is 6.18 Å². The molecule has 4 aromatic rings. The molecule has 1 N–H and O–H groups in total. The highest BCUT2D eigenvalue weighted by molar-refractivity contribution is 6.05. The Balaban J connectivity index is 1.53. The largest absolute Gasteiger partial charge is 0.477 e. The molecule has 1 aliphatic heterocycles. The molecule has 5 rings (SSSR count). The van der Waals surface area contributed by atoms with Crippen molar-refractivity contribution in [3.05, 3.63) is 60.3 Å². The Morgan fingerprint density at radius 2 is 2.09 bits per heavy atom. The quantitative estimate of drug-likeness (QED) is 0.436. The first-order valence-electron chi connectivity index (χ1n) is 10.7. The molecule has 180 valence electrons. The summed E-state index contributed by atoms with van der Waals surface area (Å²) in [7, 11) is 0. The van der Waals surface area contributed by atoms with Crippen molar-refractivity contribution in [3.8, 4) is 23.1 Å². The second-order valence-corrected chi connectivity index (χ2v) is 7.95. The van der Waals surface area contributed by atoms with Gasteiger partial charge in [0.05, 0.1) is 18.5 Å². The summed E-state index contributed by atoms with van der Waals surface area (Å²) in [6, 6.07) is 7.38. The van der Waals surface area contributed by atoms with Crippen molar-refractivity contribution >= 4 is 11.7 Å². The number of carbonyl (C=O) groups is 1. The van der Waals surface area contributed by atoms with Gasteiger partial charge in [-0.25, -0.2) is 14.6 Å². The molecule has 2 bridgehead atoms. The molecule has 1 amide bonds. The van der Waals surface area contributed by atoms with Crippen LogP contribution in [0.15, 0.2) is 49.1 Å². The van der Waals surface area contributed by atoms with Gasteiger partial charge in [-0.05, 0) is 44.0 Å². The molecule has 13 heteroatoms. The van der Waals surface area contributed by atoms with Crippen molar-refractivity contribution in [3.63, 3.8) is 0 Å². The van der Waals surface area contributed by atoms with Crippen LogP contribution in [0.1, 0.15) is 41.9 Å². The van der Waals surface area contributed by atoms with Crippen molar-refractivity contribution in [1.29, 1.82) is 0 Å². The fourth-order valence-corrected chi connectivity index (χ4v) is 3.71. The molecular formula is C22H19F3N8O2. The predicted molar refractivity (Wildman–Crippen MR) is 117 cm³/mol. The Morgan fingerprint density at radius 1 is 1.23 bits per heavy atom. The average Bonchev–Trinajstić information content (AvgIpc) is 3.52. The molecule has 0 aliphatic carbocycles. The van der Waals surface area contributed by atoms with E-state index in [1.165, 1.54) is 12.3 Å². The van der Waals surface area contributed by atoms with Gasteiger partial charge in [0, 0.05) is 12.2 Å². The number of rotatable bonds is 1. The smallest absolute Gasteiger partial charge is 0.435 e. The van der Waals surface area contributed by atoms with Crippen molar-refractivity contribution in [2.24, 2.45) is 0 Å². The molecule has 0 aromatic carbocycles. The second-order valence-electron chi connectivity index (χ2n) is 7.95. The zero-order chi connectivity index (χ0) is 24.6. The Bertz CT molecular complexity index is 1380. The van der Waals surface area contributed by atoms with Crippen LogP contribution in [0.2, 0.25) is 0 Å². The van der Waals surface area contributed by atoms with E-state index in [2.05, 4.69) is 30.6 Å². The van der Waals surface area contributed by atoms with Crippen LogP contribution in [0.25, 0.3) is 17.2 Å². The number of amides is 1. The fourth-order valence-electron chi connectivity index (χ4n) is 3.71. The third-order valence-corrected chi connectivity index (χ3v) is 5.50. The number of hydrogen-bond acceptors (Lipinski definition) is 7. The van der Waals surface area contributed by atoms with E-state index >= 15 is 0 Å². The first-order valence-corrected chi connectivity index (χ1v) is 10.7. The number of fused-ring (bicyclic) bond motifs is 5. The summed E-state index contributed by atoms with van der Waals surface area (Å²) < 4.78 is 47.6. The maximum atomic E-state index is 13.2. The van der Waals surface area contributed by atoms with E-state index < -0.39 is 17.8 Å². The Kier molecular flexibility index (Phi) is 5.67. The van der Waals surface area contributed by atoms with Crippen LogP contribution >= 0.6 is 0 Å². The van der Waals surface area contributed by atoms with Crippen LogP contribution in [-0.4, -0.2) is 47.0 Å². The molecular weight excluding hydrogens is 465 g/mol. The van der Waals surface area contributed by atoms with Crippen LogP contribution in [0, 0.1) is 0 Å². The topological polar surface area (TPSA) is 113 Å². The van der Waals surface area contributed by atoms with Crippen molar-refractivity contribution < 1.29 is 22.7 Å². The molecule has 0 fully saturated rings. The standard InChI is InChI=1S/C22H19F3N8O2/c1-13-4-3-9-35-21-15(10-14(11-26-21)33-8-7-17(31-33)22(23,24)25)20(34)29-18-6-2-5-16(28-18)19-30-27-12-32(13)19/h2,5-8,10-13H,3-4,9H2,1H3,(H,28,29,34). The first-order chi connectivity index (χ1) is 16.8. The maximum Gasteiger partial charge on any atom is 0.435 e. The predicted octanol–water partition coefficient (Wildman–Crippen LogP) is 3.93. The molecule has 1 unspecified atom stereocenters. The van der Waals surface area contributed by atoms with Gasteiger partial charge in [0.25, 0.3) is 5.91 Å². The van der Waals surface area contributed by atoms with E-state index in [1.807, 2.05) is 11.5 Å². The lowest BCUT2D eigenvalue weighted by Gasteiger charge is -2.17. The lowest BCUT2D eigenvalue weighted by molar-refractivity contribution is -0.141. The lowest BCUT2D eigenvalue weighted by atomic mass is 10.1. The van der Waals surface area contributed by atoms with Crippen LogP contribution < -0.4 is 10.1 Å². The van der Waals surface area contributed by atoms with Gasteiger partial charge in [-0.3, -0.25) is 4.79 Å². The number of pyridine rings is 2. The molecule has 0 saturated carbocycles. The number of alkyl halides is 3. The first kappa shape index (κ1) is 22.5. The van der Waals surface area contributed by atoms with Gasteiger partial charge in [0.15, 0.2) is 11.5 Å². The molecule has 1 aliphatic rings. The Morgan fingerprint density at radius 3 is 2.89 bits per heavy atom. The minimum Gasteiger partial charge on any atom is -0.477 e. The summed E-state index contributed by atoms with van der Waals surface area (Å²) in [6.45, 7) is 2.31. The molecule has 5 heterocycles. The maximum absolute atomic E-state index is 13.2. The fraction of sp³-hybridized carbons (Fsp3) is 0.273. The van der Waals surface area contributed by atoms with Gasteiger partial charge in [-0.1, -0.05) is 6.07 Å². The van der Waals surface area contributed by atoms with Crippen LogP contribution in [0.3, 0.4) is 0 Å². The molecule has 0 spiro atoms.